The van der Waals surface area contributed by atoms with Crippen LogP contribution >= 0.6 is 0 Å². The molecule has 0 unspecified atom stereocenters. The third kappa shape index (κ3) is 2.52. The average molecular weight is 216 g/mol. The van der Waals surface area contributed by atoms with Crippen molar-refractivity contribution in [1.29, 1.82) is 0 Å². The van der Waals surface area contributed by atoms with E-state index in [4.69, 9.17) is 11.5 Å². The maximum atomic E-state index is 5.88. The van der Waals surface area contributed by atoms with Crippen LogP contribution in [0.5, 0.6) is 0 Å². The van der Waals surface area contributed by atoms with E-state index in [1.54, 1.807) is 0 Å². The Labute approximate surface area is 97.3 Å². The SMILES string of the molecule is Cc1ccc2c(c1)CCC(C[C@@H](N)CN)=C2. The summed E-state index contributed by atoms with van der Waals surface area (Å²) in [7, 11) is 0. The lowest BCUT2D eigenvalue weighted by molar-refractivity contribution is 0.655. The summed E-state index contributed by atoms with van der Waals surface area (Å²) in [5.74, 6) is 0. The van der Waals surface area contributed by atoms with Crippen LogP contribution in [-0.4, -0.2) is 12.6 Å². The monoisotopic (exact) mass is 216 g/mol. The van der Waals surface area contributed by atoms with Crippen LogP contribution in [0.15, 0.2) is 23.8 Å². The Hall–Kier alpha value is -1.12. The van der Waals surface area contributed by atoms with Gasteiger partial charge in [0, 0.05) is 12.6 Å². The normalized spacial score (nSPS) is 16.6. The lowest BCUT2D eigenvalue weighted by Gasteiger charge is -2.19. The molecular formula is C14H20N2. The first kappa shape index (κ1) is 11.4. The number of hydrogen-bond donors (Lipinski definition) is 2. The molecule has 1 aliphatic rings. The molecule has 1 atom stereocenters. The van der Waals surface area contributed by atoms with Crippen LogP contribution in [0.2, 0.25) is 0 Å². The topological polar surface area (TPSA) is 52.0 Å². The summed E-state index contributed by atoms with van der Waals surface area (Å²) >= 11 is 0. The molecular weight excluding hydrogens is 196 g/mol. The smallest absolute Gasteiger partial charge is 0.0200 e. The van der Waals surface area contributed by atoms with E-state index >= 15 is 0 Å². The molecule has 86 valence electrons. The van der Waals surface area contributed by atoms with Crippen molar-refractivity contribution in [3.63, 3.8) is 0 Å². The summed E-state index contributed by atoms with van der Waals surface area (Å²) in [4.78, 5) is 0. The van der Waals surface area contributed by atoms with Crippen LogP contribution < -0.4 is 11.5 Å². The highest BCUT2D eigenvalue weighted by Gasteiger charge is 2.12. The molecule has 2 nitrogen and oxygen atoms in total. The van der Waals surface area contributed by atoms with Crippen LogP contribution in [0, 0.1) is 6.92 Å². The van der Waals surface area contributed by atoms with E-state index in [1.807, 2.05) is 0 Å². The molecule has 0 heterocycles. The van der Waals surface area contributed by atoms with Crippen molar-refractivity contribution in [3.05, 3.63) is 40.5 Å². The van der Waals surface area contributed by atoms with Crippen molar-refractivity contribution in [2.45, 2.75) is 32.2 Å². The zero-order valence-corrected chi connectivity index (χ0v) is 9.87. The lowest BCUT2D eigenvalue weighted by Crippen LogP contribution is -2.30. The minimum absolute atomic E-state index is 0.109. The lowest BCUT2D eigenvalue weighted by atomic mass is 9.88. The van der Waals surface area contributed by atoms with Crippen LogP contribution in [-0.2, 0) is 6.42 Å². The molecule has 0 bridgehead atoms. The van der Waals surface area contributed by atoms with Crippen molar-refractivity contribution >= 4 is 6.08 Å². The Morgan fingerprint density at radius 1 is 1.31 bits per heavy atom. The van der Waals surface area contributed by atoms with Crippen LogP contribution in [0.3, 0.4) is 0 Å². The van der Waals surface area contributed by atoms with Crippen LogP contribution in [0.25, 0.3) is 6.08 Å². The molecule has 2 heteroatoms. The fourth-order valence-corrected chi connectivity index (χ4v) is 2.26. The molecule has 2 rings (SSSR count). The van der Waals surface area contributed by atoms with Gasteiger partial charge in [-0.3, -0.25) is 0 Å². The summed E-state index contributed by atoms with van der Waals surface area (Å²) in [6.07, 6.45) is 5.49. The Kier molecular flexibility index (Phi) is 3.42. The first-order chi connectivity index (χ1) is 7.69. The Balaban J connectivity index is 2.18. The quantitative estimate of drug-likeness (QED) is 0.812. The molecule has 0 fully saturated rings. The van der Waals surface area contributed by atoms with Crippen molar-refractivity contribution in [1.82, 2.24) is 0 Å². The first-order valence-electron chi connectivity index (χ1n) is 5.93. The minimum atomic E-state index is 0.109. The second-order valence-corrected chi connectivity index (χ2v) is 4.70. The molecule has 0 spiro atoms. The van der Waals surface area contributed by atoms with E-state index < -0.39 is 0 Å². The molecule has 0 saturated heterocycles. The molecule has 0 aliphatic heterocycles. The average Bonchev–Trinajstić information content (AvgIpc) is 2.29. The van der Waals surface area contributed by atoms with Crippen molar-refractivity contribution < 1.29 is 0 Å². The standard InChI is InChI=1S/C14H20N2/c1-10-2-4-13-7-11(8-14(16)9-15)3-5-12(13)6-10/h2,4,6-7,14H,3,5,8-9,15-16H2,1H3/t14-/m1/s1. The van der Waals surface area contributed by atoms with Gasteiger partial charge in [0.05, 0.1) is 0 Å². The van der Waals surface area contributed by atoms with Gasteiger partial charge in [-0.25, -0.2) is 0 Å². The van der Waals surface area contributed by atoms with Gasteiger partial charge in [-0.2, -0.15) is 0 Å². The summed E-state index contributed by atoms with van der Waals surface area (Å²) in [5, 5.41) is 0. The van der Waals surface area contributed by atoms with Gasteiger partial charge in [0.2, 0.25) is 0 Å². The molecule has 1 aromatic carbocycles. The third-order valence-corrected chi connectivity index (χ3v) is 3.20. The van der Waals surface area contributed by atoms with Gasteiger partial charge in [0.1, 0.15) is 0 Å². The minimum Gasteiger partial charge on any atom is -0.329 e. The highest BCUT2D eigenvalue weighted by atomic mass is 14.7. The number of nitrogens with two attached hydrogens (primary N) is 2. The van der Waals surface area contributed by atoms with Gasteiger partial charge in [0.15, 0.2) is 0 Å². The summed E-state index contributed by atoms with van der Waals surface area (Å²) in [5.41, 5.74) is 17.0. The molecule has 1 aromatic rings. The molecule has 1 aliphatic carbocycles. The Morgan fingerprint density at radius 3 is 2.88 bits per heavy atom. The maximum Gasteiger partial charge on any atom is 0.0200 e. The molecule has 0 radical (unpaired) electrons. The van der Waals surface area contributed by atoms with Crippen molar-refractivity contribution in [2.75, 3.05) is 6.54 Å². The van der Waals surface area contributed by atoms with Crippen LogP contribution in [0.4, 0.5) is 0 Å². The van der Waals surface area contributed by atoms with Crippen molar-refractivity contribution in [3.8, 4) is 0 Å². The Morgan fingerprint density at radius 2 is 2.12 bits per heavy atom. The number of fused-ring (bicyclic) bond motifs is 1. The van der Waals surface area contributed by atoms with Gasteiger partial charge in [-0.15, -0.1) is 0 Å². The third-order valence-electron chi connectivity index (χ3n) is 3.20. The van der Waals surface area contributed by atoms with Gasteiger partial charge in [-0.05, 0) is 37.3 Å². The van der Waals surface area contributed by atoms with E-state index in [-0.39, 0.29) is 6.04 Å². The number of aryl methyl sites for hydroxylation is 2. The predicted molar refractivity (Wildman–Crippen MR) is 69.1 cm³/mol. The zero-order valence-electron chi connectivity index (χ0n) is 9.87. The van der Waals surface area contributed by atoms with Crippen LogP contribution in [0.1, 0.15) is 29.5 Å². The van der Waals surface area contributed by atoms with Gasteiger partial charge in [-0.1, -0.05) is 35.4 Å². The van der Waals surface area contributed by atoms with E-state index in [0.29, 0.717) is 6.54 Å². The summed E-state index contributed by atoms with van der Waals surface area (Å²) < 4.78 is 0. The summed E-state index contributed by atoms with van der Waals surface area (Å²) in [6, 6.07) is 6.77. The molecule has 0 amide bonds. The van der Waals surface area contributed by atoms with Gasteiger partial charge in [0.25, 0.3) is 0 Å². The van der Waals surface area contributed by atoms with E-state index in [2.05, 4.69) is 31.2 Å². The number of rotatable bonds is 3. The first-order valence-corrected chi connectivity index (χ1v) is 5.93. The molecule has 4 N–H and O–H groups in total. The van der Waals surface area contributed by atoms with E-state index in [0.717, 1.165) is 19.3 Å². The molecule has 0 saturated carbocycles. The largest absolute Gasteiger partial charge is 0.329 e. The van der Waals surface area contributed by atoms with E-state index in [9.17, 15) is 0 Å². The van der Waals surface area contributed by atoms with Crippen molar-refractivity contribution in [2.24, 2.45) is 11.5 Å². The highest BCUT2D eigenvalue weighted by molar-refractivity contribution is 5.60. The highest BCUT2D eigenvalue weighted by Crippen LogP contribution is 2.26. The van der Waals surface area contributed by atoms with Gasteiger partial charge < -0.3 is 11.5 Å². The second-order valence-electron chi connectivity index (χ2n) is 4.70. The fraction of sp³-hybridized carbons (Fsp3) is 0.429. The molecule has 16 heavy (non-hydrogen) atoms. The fourth-order valence-electron chi connectivity index (χ4n) is 2.26. The van der Waals surface area contributed by atoms with Gasteiger partial charge >= 0.3 is 0 Å². The number of hydrogen-bond acceptors (Lipinski definition) is 2. The summed E-state index contributed by atoms with van der Waals surface area (Å²) in [6.45, 7) is 2.71. The van der Waals surface area contributed by atoms with E-state index in [1.165, 1.54) is 22.3 Å². The molecule has 0 aromatic heterocycles. The number of benzene rings is 1. The maximum absolute atomic E-state index is 5.88. The second kappa shape index (κ2) is 4.81. The zero-order chi connectivity index (χ0) is 11.5. The predicted octanol–water partition coefficient (Wildman–Crippen LogP) is 2.00. The Bertz CT molecular complexity index is 407.